The standard InChI is InChI=1S/C12H11N3O2/c1-10(16)15(14-8-7-13-9-14)12(17)11-5-3-2-4-6-11/h2-9H,1H3. The van der Waals surface area contributed by atoms with E-state index in [1.165, 1.54) is 24.1 Å². The normalized spacial score (nSPS) is 9.94. The molecule has 86 valence electrons. The number of carbonyl (C=O) groups is 2. The molecule has 0 unspecified atom stereocenters. The number of hydrogen-bond acceptors (Lipinski definition) is 3. The number of nitrogens with zero attached hydrogens (tertiary/aromatic N) is 3. The van der Waals surface area contributed by atoms with Crippen molar-refractivity contribution in [2.24, 2.45) is 0 Å². The number of amides is 2. The summed E-state index contributed by atoms with van der Waals surface area (Å²) in [6.45, 7) is 1.33. The fourth-order valence-corrected chi connectivity index (χ4v) is 1.48. The molecule has 1 aromatic heterocycles. The molecular weight excluding hydrogens is 218 g/mol. The summed E-state index contributed by atoms with van der Waals surface area (Å²) in [6, 6.07) is 8.63. The Morgan fingerprint density at radius 1 is 1.24 bits per heavy atom. The minimum absolute atomic E-state index is 0.364. The van der Waals surface area contributed by atoms with Crippen LogP contribution in [0, 0.1) is 0 Å². The SMILES string of the molecule is CC(=O)N(C(=O)c1ccccc1)n1ccnc1. The van der Waals surface area contributed by atoms with Crippen LogP contribution in [-0.2, 0) is 4.79 Å². The van der Waals surface area contributed by atoms with Gasteiger partial charge in [0.25, 0.3) is 5.91 Å². The summed E-state index contributed by atoms with van der Waals surface area (Å²) >= 11 is 0. The maximum absolute atomic E-state index is 12.1. The van der Waals surface area contributed by atoms with Crippen molar-refractivity contribution in [1.82, 2.24) is 9.66 Å². The highest BCUT2D eigenvalue weighted by atomic mass is 16.2. The molecule has 0 saturated heterocycles. The van der Waals surface area contributed by atoms with Crippen molar-refractivity contribution in [1.29, 1.82) is 0 Å². The lowest BCUT2D eigenvalue weighted by Crippen LogP contribution is -2.43. The Labute approximate surface area is 98.3 Å². The highest BCUT2D eigenvalue weighted by Crippen LogP contribution is 2.04. The quantitative estimate of drug-likeness (QED) is 0.777. The summed E-state index contributed by atoms with van der Waals surface area (Å²) in [5, 5.41) is 1.03. The fraction of sp³-hybridized carbons (Fsp3) is 0.0833. The molecule has 0 fully saturated rings. The Kier molecular flexibility index (Phi) is 3.00. The summed E-state index contributed by atoms with van der Waals surface area (Å²) in [4.78, 5) is 27.5. The number of rotatable bonds is 2. The first-order valence-electron chi connectivity index (χ1n) is 5.08. The van der Waals surface area contributed by atoms with Gasteiger partial charge in [0.15, 0.2) is 0 Å². The van der Waals surface area contributed by atoms with Crippen LogP contribution in [0.2, 0.25) is 0 Å². The van der Waals surface area contributed by atoms with Gasteiger partial charge in [-0.25, -0.2) is 9.66 Å². The molecule has 0 saturated carbocycles. The molecule has 2 aromatic rings. The summed E-state index contributed by atoms with van der Waals surface area (Å²) in [6.07, 6.45) is 4.46. The van der Waals surface area contributed by atoms with Gasteiger partial charge in [-0.05, 0) is 12.1 Å². The Hall–Kier alpha value is -2.43. The summed E-state index contributed by atoms with van der Waals surface area (Å²) in [5.41, 5.74) is 0.455. The Balaban J connectivity index is 2.36. The predicted molar refractivity (Wildman–Crippen MR) is 61.9 cm³/mol. The van der Waals surface area contributed by atoms with E-state index < -0.39 is 0 Å². The van der Waals surface area contributed by atoms with Crippen LogP contribution in [0.15, 0.2) is 49.1 Å². The molecule has 1 heterocycles. The van der Waals surface area contributed by atoms with Crippen LogP contribution in [0.5, 0.6) is 0 Å². The van der Waals surface area contributed by atoms with Gasteiger partial charge in [0, 0.05) is 24.9 Å². The van der Waals surface area contributed by atoms with Gasteiger partial charge in [0.1, 0.15) is 6.33 Å². The summed E-state index contributed by atoms with van der Waals surface area (Å²) < 4.78 is 1.36. The van der Waals surface area contributed by atoms with E-state index in [-0.39, 0.29) is 11.8 Å². The first kappa shape index (κ1) is 11.1. The van der Waals surface area contributed by atoms with E-state index in [9.17, 15) is 9.59 Å². The van der Waals surface area contributed by atoms with Gasteiger partial charge in [0.05, 0.1) is 0 Å². The predicted octanol–water partition coefficient (Wildman–Crippen LogP) is 1.21. The smallest absolute Gasteiger partial charge is 0.273 e. The third-order valence-electron chi connectivity index (χ3n) is 2.23. The average molecular weight is 229 g/mol. The molecule has 0 aliphatic carbocycles. The van der Waals surface area contributed by atoms with E-state index in [2.05, 4.69) is 4.98 Å². The van der Waals surface area contributed by atoms with Crippen molar-refractivity contribution in [2.45, 2.75) is 6.92 Å². The zero-order valence-corrected chi connectivity index (χ0v) is 9.28. The largest absolute Gasteiger partial charge is 0.279 e. The Morgan fingerprint density at radius 3 is 2.47 bits per heavy atom. The second-order valence-corrected chi connectivity index (χ2v) is 3.44. The first-order valence-corrected chi connectivity index (χ1v) is 5.08. The zero-order chi connectivity index (χ0) is 12.3. The lowest BCUT2D eigenvalue weighted by atomic mass is 10.2. The van der Waals surface area contributed by atoms with E-state index in [1.807, 2.05) is 6.07 Å². The highest BCUT2D eigenvalue weighted by molar-refractivity contribution is 6.15. The van der Waals surface area contributed by atoms with Crippen LogP contribution in [0.25, 0.3) is 0 Å². The van der Waals surface area contributed by atoms with Crippen LogP contribution < -0.4 is 5.01 Å². The minimum Gasteiger partial charge on any atom is -0.273 e. The Bertz CT molecular complexity index is 520. The van der Waals surface area contributed by atoms with Crippen molar-refractivity contribution >= 4 is 11.8 Å². The number of carbonyl (C=O) groups excluding carboxylic acids is 2. The third kappa shape index (κ3) is 2.23. The minimum atomic E-state index is -0.379. The molecule has 17 heavy (non-hydrogen) atoms. The number of aromatic nitrogens is 2. The van der Waals surface area contributed by atoms with Crippen LogP contribution in [0.3, 0.4) is 0 Å². The van der Waals surface area contributed by atoms with Gasteiger partial charge in [-0.1, -0.05) is 18.2 Å². The summed E-state index contributed by atoms with van der Waals surface area (Å²) in [5.74, 6) is -0.743. The van der Waals surface area contributed by atoms with Gasteiger partial charge in [0.2, 0.25) is 5.91 Å². The zero-order valence-electron chi connectivity index (χ0n) is 9.28. The van der Waals surface area contributed by atoms with Crippen molar-refractivity contribution < 1.29 is 9.59 Å². The van der Waals surface area contributed by atoms with Crippen LogP contribution >= 0.6 is 0 Å². The van der Waals surface area contributed by atoms with Gasteiger partial charge in [-0.15, -0.1) is 0 Å². The molecular formula is C12H11N3O2. The fourth-order valence-electron chi connectivity index (χ4n) is 1.48. The number of imidazole rings is 1. The van der Waals surface area contributed by atoms with Crippen LogP contribution in [0.4, 0.5) is 0 Å². The van der Waals surface area contributed by atoms with Crippen LogP contribution in [-0.4, -0.2) is 21.5 Å². The van der Waals surface area contributed by atoms with E-state index in [0.29, 0.717) is 5.56 Å². The van der Waals surface area contributed by atoms with Gasteiger partial charge >= 0.3 is 0 Å². The van der Waals surface area contributed by atoms with Crippen LogP contribution in [0.1, 0.15) is 17.3 Å². The highest BCUT2D eigenvalue weighted by Gasteiger charge is 2.20. The van der Waals surface area contributed by atoms with E-state index in [1.54, 1.807) is 30.5 Å². The molecule has 0 bridgehead atoms. The molecule has 0 radical (unpaired) electrons. The lowest BCUT2D eigenvalue weighted by Gasteiger charge is -2.19. The van der Waals surface area contributed by atoms with E-state index in [4.69, 9.17) is 0 Å². The molecule has 2 rings (SSSR count). The second-order valence-electron chi connectivity index (χ2n) is 3.44. The number of imide groups is 1. The van der Waals surface area contributed by atoms with Gasteiger partial charge < -0.3 is 0 Å². The lowest BCUT2D eigenvalue weighted by molar-refractivity contribution is -0.117. The van der Waals surface area contributed by atoms with Crippen molar-refractivity contribution in [3.63, 3.8) is 0 Å². The Morgan fingerprint density at radius 2 is 1.94 bits per heavy atom. The number of benzene rings is 1. The average Bonchev–Trinajstić information content (AvgIpc) is 2.83. The molecule has 5 heteroatoms. The molecule has 5 nitrogen and oxygen atoms in total. The maximum atomic E-state index is 12.1. The van der Waals surface area contributed by atoms with E-state index in [0.717, 1.165) is 5.01 Å². The number of hydrogen-bond donors (Lipinski definition) is 0. The van der Waals surface area contributed by atoms with Crippen molar-refractivity contribution in [2.75, 3.05) is 5.01 Å². The van der Waals surface area contributed by atoms with Gasteiger partial charge in [-0.2, -0.15) is 5.01 Å². The molecule has 0 atom stereocenters. The van der Waals surface area contributed by atoms with Crippen molar-refractivity contribution in [3.05, 3.63) is 54.6 Å². The second kappa shape index (κ2) is 4.61. The summed E-state index contributed by atoms with van der Waals surface area (Å²) in [7, 11) is 0. The molecule has 0 aliphatic heterocycles. The third-order valence-corrected chi connectivity index (χ3v) is 2.23. The molecule has 2 amide bonds. The molecule has 0 aliphatic rings. The van der Waals surface area contributed by atoms with Crippen molar-refractivity contribution in [3.8, 4) is 0 Å². The monoisotopic (exact) mass is 229 g/mol. The molecule has 0 spiro atoms. The maximum Gasteiger partial charge on any atom is 0.279 e. The molecule has 1 aromatic carbocycles. The first-order chi connectivity index (χ1) is 8.20. The topological polar surface area (TPSA) is 55.2 Å². The van der Waals surface area contributed by atoms with E-state index >= 15 is 0 Å². The molecule has 0 N–H and O–H groups in total. The van der Waals surface area contributed by atoms with Gasteiger partial charge in [-0.3, -0.25) is 9.59 Å².